The Hall–Kier alpha value is -1.52. The second-order valence-corrected chi connectivity index (χ2v) is 3.74. The summed E-state index contributed by atoms with van der Waals surface area (Å²) in [4.78, 5) is 12.6. The predicted molar refractivity (Wildman–Crippen MR) is 63.0 cm³/mol. The zero-order valence-electron chi connectivity index (χ0n) is 8.81. The zero-order chi connectivity index (χ0) is 11.4. The molecule has 2 aromatic rings. The lowest BCUT2D eigenvalue weighted by atomic mass is 10.3. The van der Waals surface area contributed by atoms with E-state index in [-0.39, 0.29) is 0 Å². The lowest BCUT2D eigenvalue weighted by molar-refractivity contribution is 0.807. The van der Waals surface area contributed by atoms with Crippen LogP contribution in [0.5, 0.6) is 0 Å². The normalized spacial score (nSPS) is 10.4. The molecule has 5 heteroatoms. The standard InChI is InChI=1S/C11H11ClN4/c1-13-4-8-5-15-11(16-6-8)10-3-2-9(12)7-14-10/h2-3,5-7,13H,4H2,1H3. The summed E-state index contributed by atoms with van der Waals surface area (Å²) in [7, 11) is 1.88. The molecule has 4 nitrogen and oxygen atoms in total. The summed E-state index contributed by atoms with van der Waals surface area (Å²) in [5, 5.41) is 3.64. The van der Waals surface area contributed by atoms with Crippen LogP contribution in [0.25, 0.3) is 11.5 Å². The Morgan fingerprint density at radius 1 is 1.12 bits per heavy atom. The van der Waals surface area contributed by atoms with Gasteiger partial charge in [-0.05, 0) is 19.2 Å². The Bertz CT molecular complexity index is 452. The largest absolute Gasteiger partial charge is 0.316 e. The second kappa shape index (κ2) is 5.01. The number of nitrogens with zero attached hydrogens (tertiary/aromatic N) is 3. The molecule has 0 fully saturated rings. The highest BCUT2D eigenvalue weighted by Gasteiger charge is 2.02. The monoisotopic (exact) mass is 234 g/mol. The molecule has 0 saturated carbocycles. The van der Waals surface area contributed by atoms with E-state index in [0.717, 1.165) is 17.8 Å². The number of halogens is 1. The minimum Gasteiger partial charge on any atom is -0.316 e. The number of pyridine rings is 1. The molecule has 0 aromatic carbocycles. The molecule has 0 bridgehead atoms. The van der Waals surface area contributed by atoms with Crippen LogP contribution < -0.4 is 5.32 Å². The number of hydrogen-bond donors (Lipinski definition) is 1. The van der Waals surface area contributed by atoms with Gasteiger partial charge in [0.25, 0.3) is 0 Å². The van der Waals surface area contributed by atoms with Crippen LogP contribution in [0.1, 0.15) is 5.56 Å². The molecule has 2 aromatic heterocycles. The summed E-state index contributed by atoms with van der Waals surface area (Å²) in [6.45, 7) is 0.758. The van der Waals surface area contributed by atoms with Gasteiger partial charge < -0.3 is 5.32 Å². The fourth-order valence-corrected chi connectivity index (χ4v) is 1.40. The van der Waals surface area contributed by atoms with Crippen molar-refractivity contribution in [2.24, 2.45) is 0 Å². The summed E-state index contributed by atoms with van der Waals surface area (Å²) in [6.07, 6.45) is 5.16. The van der Waals surface area contributed by atoms with Gasteiger partial charge in [-0.15, -0.1) is 0 Å². The van der Waals surface area contributed by atoms with Crippen molar-refractivity contribution in [3.05, 3.63) is 41.3 Å². The third kappa shape index (κ3) is 2.53. The summed E-state index contributed by atoms with van der Waals surface area (Å²) in [6, 6.07) is 3.57. The van der Waals surface area contributed by atoms with Gasteiger partial charge in [-0.3, -0.25) is 4.98 Å². The van der Waals surface area contributed by atoms with Crippen LogP contribution in [0, 0.1) is 0 Å². The lowest BCUT2D eigenvalue weighted by Crippen LogP contribution is -2.06. The Morgan fingerprint density at radius 3 is 2.44 bits per heavy atom. The molecule has 2 rings (SSSR count). The SMILES string of the molecule is CNCc1cnc(-c2ccc(Cl)cn2)nc1. The maximum Gasteiger partial charge on any atom is 0.178 e. The van der Waals surface area contributed by atoms with Crippen molar-refractivity contribution in [2.45, 2.75) is 6.54 Å². The van der Waals surface area contributed by atoms with Gasteiger partial charge in [0, 0.05) is 30.7 Å². The predicted octanol–water partition coefficient (Wildman–Crippen LogP) is 1.91. The van der Waals surface area contributed by atoms with Gasteiger partial charge in [0.2, 0.25) is 0 Å². The summed E-state index contributed by atoms with van der Waals surface area (Å²) >= 11 is 5.75. The quantitative estimate of drug-likeness (QED) is 0.882. The van der Waals surface area contributed by atoms with Gasteiger partial charge in [-0.2, -0.15) is 0 Å². The molecule has 0 aliphatic heterocycles. The first-order chi connectivity index (χ1) is 7.79. The minimum atomic E-state index is 0.607. The van der Waals surface area contributed by atoms with Crippen molar-refractivity contribution >= 4 is 11.6 Å². The van der Waals surface area contributed by atoms with Gasteiger partial charge in [-0.1, -0.05) is 11.6 Å². The van der Waals surface area contributed by atoms with Crippen molar-refractivity contribution in [1.82, 2.24) is 20.3 Å². The lowest BCUT2D eigenvalue weighted by Gasteiger charge is -2.01. The van der Waals surface area contributed by atoms with E-state index in [9.17, 15) is 0 Å². The summed E-state index contributed by atoms with van der Waals surface area (Å²) < 4.78 is 0. The van der Waals surface area contributed by atoms with Gasteiger partial charge in [-0.25, -0.2) is 9.97 Å². The average molecular weight is 235 g/mol. The zero-order valence-corrected chi connectivity index (χ0v) is 9.57. The van der Waals surface area contributed by atoms with Crippen molar-refractivity contribution < 1.29 is 0 Å². The van der Waals surface area contributed by atoms with Crippen molar-refractivity contribution in [3.63, 3.8) is 0 Å². The van der Waals surface area contributed by atoms with Gasteiger partial charge in [0.15, 0.2) is 5.82 Å². The molecule has 0 spiro atoms. The van der Waals surface area contributed by atoms with Crippen LogP contribution in [0.3, 0.4) is 0 Å². The highest BCUT2D eigenvalue weighted by molar-refractivity contribution is 6.30. The van der Waals surface area contributed by atoms with Crippen LogP contribution in [0.4, 0.5) is 0 Å². The van der Waals surface area contributed by atoms with Gasteiger partial charge in [0.05, 0.1) is 5.02 Å². The summed E-state index contributed by atoms with van der Waals surface area (Å²) in [5.74, 6) is 0.608. The maximum atomic E-state index is 5.75. The van der Waals surface area contributed by atoms with E-state index >= 15 is 0 Å². The van der Waals surface area contributed by atoms with E-state index in [1.165, 1.54) is 0 Å². The van der Waals surface area contributed by atoms with E-state index in [2.05, 4.69) is 20.3 Å². The summed E-state index contributed by atoms with van der Waals surface area (Å²) in [5.41, 5.74) is 1.76. The number of hydrogen-bond acceptors (Lipinski definition) is 4. The Kier molecular flexibility index (Phi) is 3.44. The van der Waals surface area contributed by atoms with E-state index in [1.54, 1.807) is 30.7 Å². The second-order valence-electron chi connectivity index (χ2n) is 3.31. The van der Waals surface area contributed by atoms with E-state index in [0.29, 0.717) is 10.8 Å². The van der Waals surface area contributed by atoms with Crippen LogP contribution in [-0.4, -0.2) is 22.0 Å². The Labute approximate surface area is 98.7 Å². The molecule has 0 unspecified atom stereocenters. The molecule has 1 N–H and O–H groups in total. The molecule has 0 amide bonds. The number of nitrogens with one attached hydrogen (secondary N) is 1. The third-order valence-electron chi connectivity index (χ3n) is 2.04. The smallest absolute Gasteiger partial charge is 0.178 e. The molecule has 82 valence electrons. The Morgan fingerprint density at radius 2 is 1.88 bits per heavy atom. The fourth-order valence-electron chi connectivity index (χ4n) is 1.29. The molecular weight excluding hydrogens is 224 g/mol. The van der Waals surface area contributed by atoms with Crippen molar-refractivity contribution in [3.8, 4) is 11.5 Å². The first-order valence-corrected chi connectivity index (χ1v) is 5.25. The van der Waals surface area contributed by atoms with Crippen molar-refractivity contribution in [1.29, 1.82) is 0 Å². The molecule has 0 aliphatic carbocycles. The highest BCUT2D eigenvalue weighted by atomic mass is 35.5. The maximum absolute atomic E-state index is 5.75. The number of aromatic nitrogens is 3. The first kappa shape index (κ1) is 11.0. The Balaban J connectivity index is 2.24. The van der Waals surface area contributed by atoms with E-state index in [1.807, 2.05) is 7.05 Å². The van der Waals surface area contributed by atoms with Crippen LogP contribution >= 0.6 is 11.6 Å². The fraction of sp³-hybridized carbons (Fsp3) is 0.182. The molecule has 0 aliphatic rings. The van der Waals surface area contributed by atoms with Crippen LogP contribution in [0.15, 0.2) is 30.7 Å². The van der Waals surface area contributed by atoms with E-state index in [4.69, 9.17) is 11.6 Å². The van der Waals surface area contributed by atoms with Crippen LogP contribution in [-0.2, 0) is 6.54 Å². The van der Waals surface area contributed by atoms with E-state index < -0.39 is 0 Å². The first-order valence-electron chi connectivity index (χ1n) is 4.87. The molecule has 2 heterocycles. The molecule has 0 atom stereocenters. The minimum absolute atomic E-state index is 0.607. The van der Waals surface area contributed by atoms with Gasteiger partial charge in [0.1, 0.15) is 5.69 Å². The molecule has 0 radical (unpaired) electrons. The van der Waals surface area contributed by atoms with Crippen LogP contribution in [0.2, 0.25) is 5.02 Å². The molecular formula is C11H11ClN4. The van der Waals surface area contributed by atoms with Gasteiger partial charge >= 0.3 is 0 Å². The topological polar surface area (TPSA) is 50.7 Å². The third-order valence-corrected chi connectivity index (χ3v) is 2.27. The average Bonchev–Trinajstić information content (AvgIpc) is 2.32. The molecule has 0 saturated heterocycles. The van der Waals surface area contributed by atoms with Crippen molar-refractivity contribution in [2.75, 3.05) is 7.05 Å². The number of rotatable bonds is 3. The molecule has 16 heavy (non-hydrogen) atoms. The highest BCUT2D eigenvalue weighted by Crippen LogP contribution is 2.14.